The molecule has 40 heavy (non-hydrogen) atoms. The van der Waals surface area contributed by atoms with Gasteiger partial charge in [0.25, 0.3) is 0 Å². The van der Waals surface area contributed by atoms with Crippen LogP contribution in [0.15, 0.2) is 140 Å². The van der Waals surface area contributed by atoms with Gasteiger partial charge in [0.05, 0.1) is 11.0 Å². The largest absolute Gasteiger partial charge is 0.309 e. The summed E-state index contributed by atoms with van der Waals surface area (Å²) in [5.74, 6) is 0. The zero-order valence-corrected chi connectivity index (χ0v) is 22.7. The number of hydrogen-bond acceptors (Lipinski definition) is 0. The molecule has 0 radical (unpaired) electrons. The molecule has 7 aromatic rings. The topological polar surface area (TPSA) is 4.93 Å². The maximum absolute atomic E-state index is 2.44. The van der Waals surface area contributed by atoms with Crippen molar-refractivity contribution < 1.29 is 0 Å². The van der Waals surface area contributed by atoms with Gasteiger partial charge in [-0.15, -0.1) is 0 Å². The van der Waals surface area contributed by atoms with Crippen LogP contribution in [0.25, 0.3) is 60.9 Å². The number of hydrogen-bond donors (Lipinski definition) is 0. The summed E-state index contributed by atoms with van der Waals surface area (Å²) in [6.07, 6.45) is 0. The highest BCUT2D eigenvalue weighted by atomic mass is 15.0. The summed E-state index contributed by atoms with van der Waals surface area (Å²) < 4.78 is 2.44. The van der Waals surface area contributed by atoms with Gasteiger partial charge in [-0.05, 0) is 63.2 Å². The Morgan fingerprint density at radius 1 is 0.450 bits per heavy atom. The Balaban J connectivity index is 1.37. The minimum atomic E-state index is 0.00582. The van der Waals surface area contributed by atoms with Crippen molar-refractivity contribution in [3.8, 4) is 39.1 Å². The molecule has 0 aliphatic heterocycles. The Morgan fingerprint density at radius 2 is 1.07 bits per heavy atom. The fourth-order valence-electron chi connectivity index (χ4n) is 6.84. The summed E-state index contributed by atoms with van der Waals surface area (Å²) in [6, 6.07) is 51.1. The van der Waals surface area contributed by atoms with Crippen molar-refractivity contribution in [2.45, 2.75) is 19.3 Å². The van der Waals surface area contributed by atoms with Crippen LogP contribution in [0.4, 0.5) is 0 Å². The van der Waals surface area contributed by atoms with E-state index in [0.717, 1.165) is 0 Å². The van der Waals surface area contributed by atoms with Crippen LogP contribution in [-0.4, -0.2) is 4.57 Å². The van der Waals surface area contributed by atoms with E-state index in [9.17, 15) is 0 Å². The lowest BCUT2D eigenvalue weighted by Gasteiger charge is -2.21. The van der Waals surface area contributed by atoms with Crippen LogP contribution in [0, 0.1) is 0 Å². The minimum Gasteiger partial charge on any atom is -0.309 e. The predicted octanol–water partition coefficient (Wildman–Crippen LogP) is 10.4. The molecule has 0 N–H and O–H groups in total. The average molecular weight is 512 g/mol. The Hall–Kier alpha value is -4.88. The summed E-state index contributed by atoms with van der Waals surface area (Å²) in [5.41, 5.74) is 14.1. The Bertz CT molecular complexity index is 2060. The Kier molecular flexibility index (Phi) is 4.93. The van der Waals surface area contributed by atoms with Crippen LogP contribution in [0.5, 0.6) is 0 Å². The van der Waals surface area contributed by atoms with E-state index in [1.165, 1.54) is 72.0 Å². The summed E-state index contributed by atoms with van der Waals surface area (Å²) in [5, 5.41) is 2.56. The number of aromatic nitrogens is 1. The van der Waals surface area contributed by atoms with Gasteiger partial charge in [0.2, 0.25) is 0 Å². The molecule has 1 nitrogen and oxygen atoms in total. The molecule has 1 heteroatoms. The highest BCUT2D eigenvalue weighted by molar-refractivity contribution is 6.14. The molecule has 1 aliphatic carbocycles. The smallest absolute Gasteiger partial charge is 0.0619 e. The van der Waals surface area contributed by atoms with Crippen LogP contribution in [-0.2, 0) is 5.41 Å². The number of fused-ring (bicyclic) bond motifs is 6. The summed E-state index contributed by atoms with van der Waals surface area (Å²) >= 11 is 0. The number of para-hydroxylation sites is 2. The van der Waals surface area contributed by atoms with Crippen molar-refractivity contribution in [2.75, 3.05) is 0 Å². The lowest BCUT2D eigenvalue weighted by molar-refractivity contribution is 0.660. The lowest BCUT2D eigenvalue weighted by atomic mass is 9.82. The molecule has 0 spiro atoms. The van der Waals surface area contributed by atoms with Crippen LogP contribution in [0.2, 0.25) is 0 Å². The molecule has 1 heterocycles. The summed E-state index contributed by atoms with van der Waals surface area (Å²) in [4.78, 5) is 0. The van der Waals surface area contributed by atoms with E-state index in [2.05, 4.69) is 158 Å². The van der Waals surface area contributed by atoms with E-state index < -0.39 is 0 Å². The molecule has 8 rings (SSSR count). The van der Waals surface area contributed by atoms with Crippen molar-refractivity contribution in [1.29, 1.82) is 0 Å². The van der Waals surface area contributed by atoms with Crippen molar-refractivity contribution in [1.82, 2.24) is 4.57 Å². The van der Waals surface area contributed by atoms with Crippen LogP contribution >= 0.6 is 0 Å². The second kappa shape index (κ2) is 8.56. The van der Waals surface area contributed by atoms with Gasteiger partial charge in [-0.25, -0.2) is 0 Å². The Morgan fingerprint density at radius 3 is 1.93 bits per heavy atom. The van der Waals surface area contributed by atoms with Gasteiger partial charge in [0, 0.05) is 27.4 Å². The normalized spacial score (nSPS) is 13.4. The molecule has 0 saturated heterocycles. The van der Waals surface area contributed by atoms with Gasteiger partial charge in [-0.1, -0.05) is 129 Å². The summed E-state index contributed by atoms with van der Waals surface area (Å²) in [7, 11) is 0. The number of rotatable bonds is 3. The Labute approximate surface area is 235 Å². The van der Waals surface area contributed by atoms with Gasteiger partial charge in [-0.3, -0.25) is 0 Å². The van der Waals surface area contributed by atoms with E-state index in [0.29, 0.717) is 0 Å². The van der Waals surface area contributed by atoms with Crippen LogP contribution in [0.1, 0.15) is 25.0 Å². The lowest BCUT2D eigenvalue weighted by Crippen LogP contribution is -2.14. The first-order chi connectivity index (χ1) is 19.6. The van der Waals surface area contributed by atoms with Gasteiger partial charge in [0.1, 0.15) is 0 Å². The van der Waals surface area contributed by atoms with E-state index in [1.54, 1.807) is 0 Å². The van der Waals surface area contributed by atoms with E-state index in [-0.39, 0.29) is 5.41 Å². The van der Waals surface area contributed by atoms with Crippen LogP contribution in [0.3, 0.4) is 0 Å². The molecular weight excluding hydrogens is 482 g/mol. The van der Waals surface area contributed by atoms with Crippen molar-refractivity contribution >= 4 is 21.8 Å². The van der Waals surface area contributed by atoms with Crippen molar-refractivity contribution in [3.05, 3.63) is 151 Å². The number of nitrogens with zero attached hydrogens (tertiary/aromatic N) is 1. The first kappa shape index (κ1) is 23.0. The molecule has 190 valence electrons. The molecule has 0 fully saturated rings. The molecule has 1 aromatic heterocycles. The molecule has 1 aliphatic rings. The fourth-order valence-corrected chi connectivity index (χ4v) is 6.84. The van der Waals surface area contributed by atoms with Gasteiger partial charge >= 0.3 is 0 Å². The highest BCUT2D eigenvalue weighted by Crippen LogP contribution is 2.50. The van der Waals surface area contributed by atoms with E-state index >= 15 is 0 Å². The van der Waals surface area contributed by atoms with Gasteiger partial charge < -0.3 is 4.57 Å². The van der Waals surface area contributed by atoms with Gasteiger partial charge in [-0.2, -0.15) is 0 Å². The fraction of sp³-hybridized carbons (Fsp3) is 0.0769. The quantitative estimate of drug-likeness (QED) is 0.222. The third kappa shape index (κ3) is 3.28. The third-order valence-electron chi connectivity index (χ3n) is 8.82. The predicted molar refractivity (Wildman–Crippen MR) is 169 cm³/mol. The molecule has 6 aromatic carbocycles. The molecule has 0 saturated carbocycles. The molecular formula is C39H29N. The molecule has 0 unspecified atom stereocenters. The zero-order valence-electron chi connectivity index (χ0n) is 22.7. The number of benzene rings is 6. The monoisotopic (exact) mass is 511 g/mol. The maximum atomic E-state index is 2.44. The van der Waals surface area contributed by atoms with E-state index in [1.807, 2.05) is 0 Å². The molecule has 0 bridgehead atoms. The standard InChI is InChI=1S/C39H29N/c1-39(2)35-17-8-6-13-31(35)34-25-28(21-24-36(34)39)30-15-10-16-33-32-14-7-9-18-37(32)40(38(30)33)29-22-19-27(20-23-29)26-11-4-3-5-12-26/h3-25H,1-2H3. The first-order valence-corrected chi connectivity index (χ1v) is 14.0. The molecule has 0 atom stereocenters. The van der Waals surface area contributed by atoms with Crippen molar-refractivity contribution in [2.24, 2.45) is 0 Å². The third-order valence-corrected chi connectivity index (χ3v) is 8.82. The zero-order chi connectivity index (χ0) is 26.8. The van der Waals surface area contributed by atoms with Gasteiger partial charge in [0.15, 0.2) is 0 Å². The maximum Gasteiger partial charge on any atom is 0.0619 e. The summed E-state index contributed by atoms with van der Waals surface area (Å²) in [6.45, 7) is 4.68. The van der Waals surface area contributed by atoms with Crippen LogP contribution < -0.4 is 0 Å². The first-order valence-electron chi connectivity index (χ1n) is 14.0. The minimum absolute atomic E-state index is 0.00582. The molecule has 0 amide bonds. The highest BCUT2D eigenvalue weighted by Gasteiger charge is 2.35. The SMILES string of the molecule is CC1(C)c2ccccc2-c2cc(-c3cccc4c5ccccc5n(-c5ccc(-c6ccccc6)cc5)c34)ccc21. The van der Waals surface area contributed by atoms with Crippen molar-refractivity contribution in [3.63, 3.8) is 0 Å². The van der Waals surface area contributed by atoms with E-state index in [4.69, 9.17) is 0 Å². The second-order valence-corrected chi connectivity index (χ2v) is 11.4. The average Bonchev–Trinajstić information content (AvgIpc) is 3.47. The second-order valence-electron chi connectivity index (χ2n) is 11.4.